The van der Waals surface area contributed by atoms with Crippen LogP contribution in [-0.2, 0) is 30.5 Å². The van der Waals surface area contributed by atoms with Crippen LogP contribution >= 0.6 is 0 Å². The van der Waals surface area contributed by atoms with Crippen LogP contribution in [0.1, 0.15) is 53.0 Å². The molecule has 0 aromatic heterocycles. The number of ether oxygens (including phenoxy) is 2. The zero-order valence-electron chi connectivity index (χ0n) is 22.1. The first-order valence-corrected chi connectivity index (χ1v) is 12.3. The third kappa shape index (κ3) is 9.14. The Labute approximate surface area is 213 Å². The summed E-state index contributed by atoms with van der Waals surface area (Å²) in [5.41, 5.74) is 0.212. The molecule has 1 aromatic rings. The van der Waals surface area contributed by atoms with Crippen molar-refractivity contribution in [2.75, 3.05) is 20.1 Å². The predicted octanol–water partition coefficient (Wildman–Crippen LogP) is 1.97. The molecule has 1 saturated heterocycles. The van der Waals surface area contributed by atoms with Crippen LogP contribution in [0, 0.1) is 5.92 Å². The van der Waals surface area contributed by atoms with E-state index in [0.29, 0.717) is 12.8 Å². The lowest BCUT2D eigenvalue weighted by Gasteiger charge is -2.30. The predicted molar refractivity (Wildman–Crippen MR) is 135 cm³/mol. The first-order valence-electron chi connectivity index (χ1n) is 12.3. The lowest BCUT2D eigenvalue weighted by atomic mass is 10.0. The highest BCUT2D eigenvalue weighted by Gasteiger charge is 2.44. The lowest BCUT2D eigenvalue weighted by Crippen LogP contribution is -2.54. The van der Waals surface area contributed by atoms with E-state index in [1.165, 1.54) is 11.9 Å². The summed E-state index contributed by atoms with van der Waals surface area (Å²) >= 11 is 0. The van der Waals surface area contributed by atoms with Crippen molar-refractivity contribution in [1.29, 1.82) is 0 Å². The number of benzene rings is 1. The lowest BCUT2D eigenvalue weighted by molar-refractivity contribution is -0.133. The van der Waals surface area contributed by atoms with E-state index in [9.17, 15) is 19.2 Å². The third-order valence-corrected chi connectivity index (χ3v) is 5.57. The van der Waals surface area contributed by atoms with Gasteiger partial charge in [0.05, 0.1) is 19.3 Å². The fourth-order valence-electron chi connectivity index (χ4n) is 3.95. The number of likely N-dealkylation sites (tertiary alicyclic amines) is 1. The van der Waals surface area contributed by atoms with E-state index in [1.54, 1.807) is 20.8 Å². The number of hydrogen-bond acceptors (Lipinski definition) is 6. The number of likely N-dealkylation sites (N-methyl/N-ethyl adjacent to an activating group) is 1. The summed E-state index contributed by atoms with van der Waals surface area (Å²) in [5, 5.41) is 7.81. The van der Waals surface area contributed by atoms with Gasteiger partial charge < -0.3 is 25.4 Å². The van der Waals surface area contributed by atoms with E-state index < -0.39 is 41.7 Å². The zero-order chi connectivity index (χ0) is 26.9. The van der Waals surface area contributed by atoms with Crippen molar-refractivity contribution in [3.63, 3.8) is 0 Å². The van der Waals surface area contributed by atoms with Gasteiger partial charge in [0, 0.05) is 13.6 Å². The number of carbonyl (C=O) groups excluding carboxylic acids is 4. The average molecular weight is 505 g/mol. The van der Waals surface area contributed by atoms with Gasteiger partial charge in [0.15, 0.2) is 0 Å². The highest BCUT2D eigenvalue weighted by molar-refractivity contribution is 5.92. The van der Waals surface area contributed by atoms with E-state index in [2.05, 4.69) is 16.0 Å². The Morgan fingerprint density at radius 1 is 1.11 bits per heavy atom. The number of hydrogen-bond donors (Lipinski definition) is 3. The summed E-state index contributed by atoms with van der Waals surface area (Å²) in [6.07, 6.45) is -0.275. The molecule has 2 rings (SSSR count). The molecule has 0 unspecified atom stereocenters. The zero-order valence-corrected chi connectivity index (χ0v) is 22.1. The standard InChI is InChI=1S/C26H40N4O6/c1-17(2)14-19(23(32)27-6)29-21(31)15-28-24(33)22-20(35-16-18-10-8-7-9-11-18)12-13-30(22)25(34)36-26(3,4)5/h7-11,17,19-20,22H,12-16H2,1-6H3,(H,27,32)(H,28,33)(H,29,31)/t19-,20-,22+/m0/s1. The number of carbonyl (C=O) groups is 4. The summed E-state index contributed by atoms with van der Waals surface area (Å²) in [5.74, 6) is -1.14. The molecule has 0 bridgehead atoms. The van der Waals surface area contributed by atoms with Crippen molar-refractivity contribution in [2.45, 2.75) is 77.9 Å². The normalized spacial score (nSPS) is 18.5. The van der Waals surface area contributed by atoms with Gasteiger partial charge in [-0.05, 0) is 45.1 Å². The van der Waals surface area contributed by atoms with E-state index >= 15 is 0 Å². The van der Waals surface area contributed by atoms with Crippen LogP contribution in [0.2, 0.25) is 0 Å². The van der Waals surface area contributed by atoms with Gasteiger partial charge in [0.2, 0.25) is 17.7 Å². The second-order valence-electron chi connectivity index (χ2n) is 10.3. The fourth-order valence-corrected chi connectivity index (χ4v) is 3.95. The molecule has 36 heavy (non-hydrogen) atoms. The molecule has 1 aliphatic rings. The molecule has 3 atom stereocenters. The Kier molecular flexibility index (Phi) is 10.7. The minimum absolute atomic E-state index is 0.186. The number of nitrogens with zero attached hydrogens (tertiary/aromatic N) is 1. The Hall–Kier alpha value is -3.14. The van der Waals surface area contributed by atoms with Crippen LogP contribution < -0.4 is 16.0 Å². The average Bonchev–Trinajstić information content (AvgIpc) is 3.24. The SMILES string of the molecule is CNC(=O)[C@H](CC(C)C)NC(=O)CNC(=O)[C@H]1[C@@H](OCc2ccccc2)CCN1C(=O)OC(C)(C)C. The molecule has 0 aliphatic carbocycles. The monoisotopic (exact) mass is 504 g/mol. The van der Waals surface area contributed by atoms with Crippen molar-refractivity contribution in [3.05, 3.63) is 35.9 Å². The van der Waals surface area contributed by atoms with E-state index in [-0.39, 0.29) is 31.5 Å². The summed E-state index contributed by atoms with van der Waals surface area (Å²) in [7, 11) is 1.50. The van der Waals surface area contributed by atoms with Gasteiger partial charge in [0.1, 0.15) is 17.7 Å². The highest BCUT2D eigenvalue weighted by Crippen LogP contribution is 2.25. The minimum Gasteiger partial charge on any atom is -0.444 e. The molecule has 0 saturated carbocycles. The van der Waals surface area contributed by atoms with Crippen LogP contribution in [0.4, 0.5) is 4.79 Å². The maximum atomic E-state index is 13.2. The molecule has 10 heteroatoms. The van der Waals surface area contributed by atoms with Crippen LogP contribution in [0.3, 0.4) is 0 Å². The molecule has 4 amide bonds. The molecule has 0 spiro atoms. The van der Waals surface area contributed by atoms with Crippen LogP contribution in [-0.4, -0.2) is 72.6 Å². The van der Waals surface area contributed by atoms with Crippen molar-refractivity contribution in [1.82, 2.24) is 20.9 Å². The maximum absolute atomic E-state index is 13.2. The first kappa shape index (κ1) is 29.1. The first-order chi connectivity index (χ1) is 16.9. The second-order valence-corrected chi connectivity index (χ2v) is 10.3. The molecule has 1 aromatic carbocycles. The summed E-state index contributed by atoms with van der Waals surface area (Å²) in [6, 6.07) is 7.87. The molecule has 10 nitrogen and oxygen atoms in total. The van der Waals surface area contributed by atoms with Gasteiger partial charge in [-0.15, -0.1) is 0 Å². The van der Waals surface area contributed by atoms with E-state index in [0.717, 1.165) is 5.56 Å². The Morgan fingerprint density at radius 2 is 1.78 bits per heavy atom. The maximum Gasteiger partial charge on any atom is 0.411 e. The molecule has 1 heterocycles. The van der Waals surface area contributed by atoms with Crippen molar-refractivity contribution < 1.29 is 28.7 Å². The van der Waals surface area contributed by atoms with Crippen LogP contribution in [0.5, 0.6) is 0 Å². The largest absolute Gasteiger partial charge is 0.444 e. The van der Waals surface area contributed by atoms with E-state index in [1.807, 2.05) is 44.2 Å². The van der Waals surface area contributed by atoms with Crippen LogP contribution in [0.15, 0.2) is 30.3 Å². The van der Waals surface area contributed by atoms with Gasteiger partial charge in [-0.2, -0.15) is 0 Å². The fraction of sp³-hybridized carbons (Fsp3) is 0.615. The number of nitrogens with one attached hydrogen (secondary N) is 3. The topological polar surface area (TPSA) is 126 Å². The van der Waals surface area contributed by atoms with Gasteiger partial charge in [-0.3, -0.25) is 19.3 Å². The molecule has 3 N–H and O–H groups in total. The van der Waals surface area contributed by atoms with Crippen LogP contribution in [0.25, 0.3) is 0 Å². The number of amides is 4. The molecule has 1 aliphatic heterocycles. The van der Waals surface area contributed by atoms with Crippen molar-refractivity contribution >= 4 is 23.8 Å². The van der Waals surface area contributed by atoms with Gasteiger partial charge >= 0.3 is 6.09 Å². The molecule has 1 fully saturated rings. The highest BCUT2D eigenvalue weighted by atomic mass is 16.6. The summed E-state index contributed by atoms with van der Waals surface area (Å²) < 4.78 is 11.5. The number of rotatable bonds is 10. The summed E-state index contributed by atoms with van der Waals surface area (Å²) in [4.78, 5) is 52.0. The molecule has 200 valence electrons. The minimum atomic E-state index is -0.957. The quantitative estimate of drug-likeness (QED) is 0.447. The van der Waals surface area contributed by atoms with E-state index in [4.69, 9.17) is 9.47 Å². The van der Waals surface area contributed by atoms with Crippen molar-refractivity contribution in [2.24, 2.45) is 5.92 Å². The Bertz CT molecular complexity index is 899. The Morgan fingerprint density at radius 3 is 2.36 bits per heavy atom. The third-order valence-electron chi connectivity index (χ3n) is 5.57. The second kappa shape index (κ2) is 13.2. The molecular formula is C26H40N4O6. The van der Waals surface area contributed by atoms with Crippen molar-refractivity contribution in [3.8, 4) is 0 Å². The summed E-state index contributed by atoms with van der Waals surface area (Å²) in [6.45, 7) is 9.38. The molecule has 0 radical (unpaired) electrons. The molecular weight excluding hydrogens is 464 g/mol. The van der Waals surface area contributed by atoms with Gasteiger partial charge in [-0.25, -0.2) is 4.79 Å². The smallest absolute Gasteiger partial charge is 0.411 e. The Balaban J connectivity index is 2.07. The van der Waals surface area contributed by atoms with Gasteiger partial charge in [0.25, 0.3) is 0 Å². The van der Waals surface area contributed by atoms with Gasteiger partial charge in [-0.1, -0.05) is 44.2 Å².